The fourth-order valence-corrected chi connectivity index (χ4v) is 4.03. The Morgan fingerprint density at radius 2 is 1.88 bits per heavy atom. The summed E-state index contributed by atoms with van der Waals surface area (Å²) in [5.74, 6) is 1.92. The number of aryl methyl sites for hydroxylation is 3. The number of amides is 1. The van der Waals surface area contributed by atoms with Gasteiger partial charge >= 0.3 is 0 Å². The molecular weight excluding hydrogens is 350 g/mol. The minimum atomic E-state index is -0.119. The van der Waals surface area contributed by atoms with E-state index in [9.17, 15) is 4.79 Å². The molecule has 1 N–H and O–H groups in total. The molecule has 0 bridgehead atoms. The van der Waals surface area contributed by atoms with Crippen LogP contribution in [0.25, 0.3) is 10.2 Å². The van der Waals surface area contributed by atoms with Crippen LogP contribution in [0.4, 0.5) is 0 Å². The summed E-state index contributed by atoms with van der Waals surface area (Å²) < 4.78 is 10.9. The third-order valence-electron chi connectivity index (χ3n) is 4.00. The Morgan fingerprint density at radius 3 is 2.62 bits per heavy atom. The molecule has 0 aliphatic carbocycles. The quantitative estimate of drug-likeness (QED) is 0.672. The topological polar surface area (TPSA) is 73.3 Å². The first-order chi connectivity index (χ1) is 12.5. The van der Waals surface area contributed by atoms with Gasteiger partial charge in [0.05, 0.1) is 18.5 Å². The number of hydrogen-bond donors (Lipinski definition) is 1. The minimum absolute atomic E-state index is 0.119. The zero-order valence-corrected chi connectivity index (χ0v) is 16.1. The molecule has 0 unspecified atom stereocenters. The van der Waals surface area contributed by atoms with Gasteiger partial charge in [-0.25, -0.2) is 9.97 Å². The SMILES string of the molecule is COc1ccccc1OCCNC(=O)c1sc2nc(C)nc(C)c2c1C. The zero-order valence-electron chi connectivity index (χ0n) is 15.3. The van der Waals surface area contributed by atoms with Gasteiger partial charge in [0.25, 0.3) is 5.91 Å². The first-order valence-electron chi connectivity index (χ1n) is 8.29. The maximum Gasteiger partial charge on any atom is 0.261 e. The van der Waals surface area contributed by atoms with E-state index in [4.69, 9.17) is 9.47 Å². The average Bonchev–Trinajstić information content (AvgIpc) is 2.95. The van der Waals surface area contributed by atoms with Crippen LogP contribution in [-0.2, 0) is 0 Å². The number of ether oxygens (including phenoxy) is 2. The van der Waals surface area contributed by atoms with E-state index < -0.39 is 0 Å². The van der Waals surface area contributed by atoms with E-state index >= 15 is 0 Å². The van der Waals surface area contributed by atoms with Crippen molar-refractivity contribution in [3.63, 3.8) is 0 Å². The van der Waals surface area contributed by atoms with Crippen molar-refractivity contribution in [3.8, 4) is 11.5 Å². The molecule has 3 rings (SSSR count). The average molecular weight is 371 g/mol. The number of aromatic nitrogens is 2. The fraction of sp³-hybridized carbons (Fsp3) is 0.316. The first kappa shape index (κ1) is 18.1. The molecule has 0 saturated heterocycles. The molecule has 26 heavy (non-hydrogen) atoms. The molecule has 3 aromatic rings. The van der Waals surface area contributed by atoms with Crippen LogP contribution in [0.2, 0.25) is 0 Å². The first-order valence-corrected chi connectivity index (χ1v) is 9.11. The van der Waals surface area contributed by atoms with E-state index in [0.29, 0.717) is 35.4 Å². The highest BCUT2D eigenvalue weighted by atomic mass is 32.1. The molecule has 0 spiro atoms. The number of carbonyl (C=O) groups excluding carboxylic acids is 1. The summed E-state index contributed by atoms with van der Waals surface area (Å²) in [7, 11) is 1.60. The molecule has 7 heteroatoms. The summed E-state index contributed by atoms with van der Waals surface area (Å²) in [4.78, 5) is 22.9. The van der Waals surface area contributed by atoms with E-state index in [-0.39, 0.29) is 5.91 Å². The minimum Gasteiger partial charge on any atom is -0.493 e. The second kappa shape index (κ2) is 7.70. The zero-order chi connectivity index (χ0) is 18.7. The van der Waals surface area contributed by atoms with Crippen molar-refractivity contribution in [2.45, 2.75) is 20.8 Å². The number of rotatable bonds is 6. The maximum atomic E-state index is 12.5. The lowest BCUT2D eigenvalue weighted by Gasteiger charge is -2.10. The predicted molar refractivity (Wildman–Crippen MR) is 102 cm³/mol. The standard InChI is InChI=1S/C19H21N3O3S/c1-11-16-12(2)21-13(3)22-19(16)26-17(11)18(23)20-9-10-25-15-8-6-5-7-14(15)24-4/h5-8H,9-10H2,1-4H3,(H,20,23). The number of para-hydroxylation sites is 2. The summed E-state index contributed by atoms with van der Waals surface area (Å²) in [6.07, 6.45) is 0. The summed E-state index contributed by atoms with van der Waals surface area (Å²) in [5, 5.41) is 3.87. The van der Waals surface area contributed by atoms with E-state index in [0.717, 1.165) is 21.5 Å². The maximum absolute atomic E-state index is 12.5. The van der Waals surface area contributed by atoms with Crippen molar-refractivity contribution >= 4 is 27.5 Å². The molecule has 2 aromatic heterocycles. The second-order valence-corrected chi connectivity index (χ2v) is 6.85. The highest BCUT2D eigenvalue weighted by Crippen LogP contribution is 2.31. The number of methoxy groups -OCH3 is 1. The molecule has 0 atom stereocenters. The van der Waals surface area contributed by atoms with Gasteiger partial charge in [-0.05, 0) is 38.5 Å². The molecule has 0 fully saturated rings. The Kier molecular flexibility index (Phi) is 5.37. The van der Waals surface area contributed by atoms with Gasteiger partial charge in [-0.3, -0.25) is 4.79 Å². The predicted octanol–water partition coefficient (Wildman–Crippen LogP) is 3.43. The Balaban J connectivity index is 1.65. The molecule has 136 valence electrons. The van der Waals surface area contributed by atoms with Crippen LogP contribution in [0.3, 0.4) is 0 Å². The van der Waals surface area contributed by atoms with E-state index in [2.05, 4.69) is 15.3 Å². The molecule has 0 saturated carbocycles. The largest absolute Gasteiger partial charge is 0.493 e. The van der Waals surface area contributed by atoms with Gasteiger partial charge in [0.2, 0.25) is 0 Å². The number of fused-ring (bicyclic) bond motifs is 1. The van der Waals surface area contributed by atoms with Crippen molar-refractivity contribution in [1.29, 1.82) is 0 Å². The second-order valence-electron chi connectivity index (χ2n) is 5.85. The molecular formula is C19H21N3O3S. The molecule has 0 aliphatic rings. The lowest BCUT2D eigenvalue weighted by atomic mass is 10.1. The number of nitrogens with zero attached hydrogens (tertiary/aromatic N) is 2. The number of benzene rings is 1. The van der Waals surface area contributed by atoms with Crippen molar-refractivity contribution < 1.29 is 14.3 Å². The molecule has 1 amide bonds. The Labute approximate surface area is 156 Å². The number of hydrogen-bond acceptors (Lipinski definition) is 6. The summed E-state index contributed by atoms with van der Waals surface area (Å²) in [6, 6.07) is 7.42. The van der Waals surface area contributed by atoms with Gasteiger partial charge in [0, 0.05) is 11.1 Å². The third kappa shape index (κ3) is 3.62. The fourth-order valence-electron chi connectivity index (χ4n) is 2.83. The van der Waals surface area contributed by atoms with E-state index in [1.54, 1.807) is 7.11 Å². The summed E-state index contributed by atoms with van der Waals surface area (Å²) in [5.41, 5.74) is 1.82. The number of nitrogens with one attached hydrogen (secondary N) is 1. The molecule has 0 radical (unpaired) electrons. The monoisotopic (exact) mass is 371 g/mol. The van der Waals surface area contributed by atoms with E-state index in [1.165, 1.54) is 11.3 Å². The molecule has 6 nitrogen and oxygen atoms in total. The van der Waals surface area contributed by atoms with Crippen LogP contribution in [0, 0.1) is 20.8 Å². The normalized spacial score (nSPS) is 10.8. The lowest BCUT2D eigenvalue weighted by Crippen LogP contribution is -2.27. The highest BCUT2D eigenvalue weighted by Gasteiger charge is 2.18. The van der Waals surface area contributed by atoms with Gasteiger partial charge < -0.3 is 14.8 Å². The number of thiophene rings is 1. The van der Waals surface area contributed by atoms with Crippen LogP contribution in [-0.4, -0.2) is 36.1 Å². The molecule has 1 aromatic carbocycles. The Hall–Kier alpha value is -2.67. The van der Waals surface area contributed by atoms with E-state index in [1.807, 2.05) is 45.0 Å². The summed E-state index contributed by atoms with van der Waals surface area (Å²) >= 11 is 1.40. The van der Waals surface area contributed by atoms with Crippen molar-refractivity contribution in [2.24, 2.45) is 0 Å². The van der Waals surface area contributed by atoms with Crippen molar-refractivity contribution in [3.05, 3.63) is 46.2 Å². The van der Waals surface area contributed by atoms with Gasteiger partial charge in [-0.1, -0.05) is 12.1 Å². The van der Waals surface area contributed by atoms with Gasteiger partial charge in [-0.15, -0.1) is 11.3 Å². The van der Waals surface area contributed by atoms with Crippen LogP contribution < -0.4 is 14.8 Å². The number of carbonyl (C=O) groups is 1. The lowest BCUT2D eigenvalue weighted by molar-refractivity contribution is 0.0950. The molecule has 2 heterocycles. The van der Waals surface area contributed by atoms with Crippen LogP contribution >= 0.6 is 11.3 Å². The van der Waals surface area contributed by atoms with Crippen LogP contribution in [0.1, 0.15) is 26.8 Å². The third-order valence-corrected chi connectivity index (χ3v) is 5.19. The van der Waals surface area contributed by atoms with Gasteiger partial charge in [0.1, 0.15) is 17.3 Å². The highest BCUT2D eigenvalue weighted by molar-refractivity contribution is 7.20. The Morgan fingerprint density at radius 1 is 1.15 bits per heavy atom. The summed E-state index contributed by atoms with van der Waals surface area (Å²) in [6.45, 7) is 6.49. The van der Waals surface area contributed by atoms with Gasteiger partial charge in [-0.2, -0.15) is 0 Å². The van der Waals surface area contributed by atoms with Crippen molar-refractivity contribution in [1.82, 2.24) is 15.3 Å². The van der Waals surface area contributed by atoms with Crippen LogP contribution in [0.15, 0.2) is 24.3 Å². The van der Waals surface area contributed by atoms with Crippen LogP contribution in [0.5, 0.6) is 11.5 Å². The van der Waals surface area contributed by atoms with Gasteiger partial charge in [0.15, 0.2) is 11.5 Å². The Bertz CT molecular complexity index is 953. The van der Waals surface area contributed by atoms with Crippen molar-refractivity contribution in [2.75, 3.05) is 20.3 Å². The molecule has 0 aliphatic heterocycles. The smallest absolute Gasteiger partial charge is 0.261 e.